The Morgan fingerprint density at radius 2 is 2.17 bits per heavy atom. The molecule has 1 N–H and O–H groups in total. The molecule has 4 rings (SSSR count). The second kappa shape index (κ2) is 9.57. The molecule has 0 spiro atoms. The third-order valence-electron chi connectivity index (χ3n) is 5.54. The molecule has 1 saturated carbocycles. The Hall–Kier alpha value is -2.45. The van der Waals surface area contributed by atoms with Gasteiger partial charge in [-0.05, 0) is 31.0 Å². The molecule has 2 heterocycles. The number of fused-ring (bicyclic) bond motifs is 1. The third-order valence-corrected chi connectivity index (χ3v) is 6.45. The van der Waals surface area contributed by atoms with E-state index in [1.807, 2.05) is 23.6 Å². The molecular formula is C22H27N3O4S. The van der Waals surface area contributed by atoms with E-state index in [1.165, 1.54) is 11.3 Å². The topological polar surface area (TPSA) is 80.8 Å². The highest BCUT2D eigenvalue weighted by atomic mass is 32.1. The van der Waals surface area contributed by atoms with Gasteiger partial charge < -0.3 is 14.8 Å². The van der Waals surface area contributed by atoms with Crippen LogP contribution in [0, 0.1) is 0 Å². The quantitative estimate of drug-likeness (QED) is 0.731. The van der Waals surface area contributed by atoms with E-state index >= 15 is 0 Å². The first-order valence-corrected chi connectivity index (χ1v) is 11.3. The fourth-order valence-corrected chi connectivity index (χ4v) is 4.74. The van der Waals surface area contributed by atoms with Crippen LogP contribution in [0.15, 0.2) is 23.6 Å². The van der Waals surface area contributed by atoms with Crippen LogP contribution in [0.5, 0.6) is 5.75 Å². The van der Waals surface area contributed by atoms with Gasteiger partial charge in [0.15, 0.2) is 6.61 Å². The molecule has 1 aliphatic heterocycles. The second-order valence-corrected chi connectivity index (χ2v) is 8.67. The molecule has 2 aromatic rings. The van der Waals surface area contributed by atoms with Crippen LogP contribution in [0.2, 0.25) is 0 Å². The van der Waals surface area contributed by atoms with Crippen LogP contribution in [0.3, 0.4) is 0 Å². The second-order valence-electron chi connectivity index (χ2n) is 7.72. The van der Waals surface area contributed by atoms with E-state index in [0.29, 0.717) is 18.0 Å². The standard InChI is InChI=1S/C22H27N3O4S/c1-28-10-9-21-24-17(14-30-21)15-7-8-19-18(11-15)25(22(27)13-29-19)12-20(26)23-16-5-3-2-4-6-16/h7-8,11,14,16H,2-6,9-10,12-13H2,1H3,(H,23,26). The number of hydrogen-bond donors (Lipinski definition) is 1. The van der Waals surface area contributed by atoms with Crippen molar-refractivity contribution in [1.29, 1.82) is 0 Å². The largest absolute Gasteiger partial charge is 0.482 e. The number of benzene rings is 1. The number of ether oxygens (including phenoxy) is 2. The van der Waals surface area contributed by atoms with Crippen LogP contribution >= 0.6 is 11.3 Å². The third kappa shape index (κ3) is 4.82. The van der Waals surface area contributed by atoms with Gasteiger partial charge in [-0.2, -0.15) is 0 Å². The van der Waals surface area contributed by atoms with Crippen molar-refractivity contribution in [1.82, 2.24) is 10.3 Å². The number of hydrogen-bond acceptors (Lipinski definition) is 6. The van der Waals surface area contributed by atoms with Crippen molar-refractivity contribution in [2.75, 3.05) is 31.8 Å². The maximum Gasteiger partial charge on any atom is 0.265 e. The fraction of sp³-hybridized carbons (Fsp3) is 0.500. The Kier molecular flexibility index (Phi) is 6.64. The monoisotopic (exact) mass is 429 g/mol. The van der Waals surface area contributed by atoms with Gasteiger partial charge in [0.2, 0.25) is 5.91 Å². The summed E-state index contributed by atoms with van der Waals surface area (Å²) >= 11 is 1.59. The summed E-state index contributed by atoms with van der Waals surface area (Å²) in [6.45, 7) is 0.579. The molecule has 1 fully saturated rings. The Morgan fingerprint density at radius 1 is 1.33 bits per heavy atom. The fourth-order valence-electron chi connectivity index (χ4n) is 3.95. The molecule has 1 aromatic heterocycles. The molecule has 30 heavy (non-hydrogen) atoms. The van der Waals surface area contributed by atoms with Crippen molar-refractivity contribution in [3.05, 3.63) is 28.6 Å². The zero-order valence-corrected chi connectivity index (χ0v) is 18.0. The van der Waals surface area contributed by atoms with Crippen molar-refractivity contribution in [2.45, 2.75) is 44.6 Å². The van der Waals surface area contributed by atoms with Crippen LogP contribution in [-0.2, 0) is 20.7 Å². The zero-order valence-electron chi connectivity index (χ0n) is 17.2. The lowest BCUT2D eigenvalue weighted by Crippen LogP contribution is -2.47. The summed E-state index contributed by atoms with van der Waals surface area (Å²) in [6.07, 6.45) is 6.31. The molecule has 7 nitrogen and oxygen atoms in total. The number of nitrogens with zero attached hydrogens (tertiary/aromatic N) is 2. The Balaban J connectivity index is 1.51. The van der Waals surface area contributed by atoms with Crippen molar-refractivity contribution in [3.8, 4) is 17.0 Å². The minimum absolute atomic E-state index is 0.00526. The van der Waals surface area contributed by atoms with E-state index in [1.54, 1.807) is 18.4 Å². The maximum atomic E-state index is 12.6. The number of nitrogens with one attached hydrogen (secondary N) is 1. The normalized spacial score (nSPS) is 16.8. The highest BCUT2D eigenvalue weighted by molar-refractivity contribution is 7.09. The number of aromatic nitrogens is 1. The van der Waals surface area contributed by atoms with Gasteiger partial charge in [-0.1, -0.05) is 19.3 Å². The molecule has 0 unspecified atom stereocenters. The molecule has 8 heteroatoms. The summed E-state index contributed by atoms with van der Waals surface area (Å²) < 4.78 is 10.7. The van der Waals surface area contributed by atoms with Crippen LogP contribution in [0.25, 0.3) is 11.3 Å². The van der Waals surface area contributed by atoms with E-state index in [2.05, 4.69) is 10.3 Å². The minimum atomic E-state index is -0.211. The van der Waals surface area contributed by atoms with E-state index in [0.717, 1.165) is 48.4 Å². The number of amides is 2. The van der Waals surface area contributed by atoms with Crippen LogP contribution in [0.1, 0.15) is 37.1 Å². The molecule has 0 atom stereocenters. The number of rotatable bonds is 7. The van der Waals surface area contributed by atoms with Crippen molar-refractivity contribution >= 4 is 28.8 Å². The Morgan fingerprint density at radius 3 is 2.97 bits per heavy atom. The van der Waals surface area contributed by atoms with Crippen LogP contribution in [-0.4, -0.2) is 49.7 Å². The smallest absolute Gasteiger partial charge is 0.265 e. The molecule has 2 aliphatic rings. The number of methoxy groups -OCH3 is 1. The number of carbonyl (C=O) groups is 2. The number of anilines is 1. The molecule has 2 amide bonds. The lowest BCUT2D eigenvalue weighted by molar-refractivity contribution is -0.125. The predicted molar refractivity (Wildman–Crippen MR) is 116 cm³/mol. The van der Waals surface area contributed by atoms with Crippen LogP contribution in [0.4, 0.5) is 5.69 Å². The van der Waals surface area contributed by atoms with Gasteiger partial charge in [0, 0.05) is 30.5 Å². The maximum absolute atomic E-state index is 12.6. The highest BCUT2D eigenvalue weighted by Crippen LogP contribution is 2.36. The SMILES string of the molecule is COCCc1nc(-c2ccc3c(c2)N(CC(=O)NC2CCCCC2)C(=O)CO3)cs1. The zero-order chi connectivity index (χ0) is 20.9. The van der Waals surface area contributed by atoms with Crippen molar-refractivity contribution in [2.24, 2.45) is 0 Å². The van der Waals surface area contributed by atoms with Gasteiger partial charge in [-0.25, -0.2) is 4.98 Å². The Bertz CT molecular complexity index is 908. The summed E-state index contributed by atoms with van der Waals surface area (Å²) in [5, 5.41) is 6.09. The molecule has 0 radical (unpaired) electrons. The molecule has 0 saturated heterocycles. The summed E-state index contributed by atoms with van der Waals surface area (Å²) in [6, 6.07) is 5.88. The van der Waals surface area contributed by atoms with Gasteiger partial charge in [0.25, 0.3) is 5.91 Å². The summed E-state index contributed by atoms with van der Waals surface area (Å²) in [4.78, 5) is 31.4. The van der Waals surface area contributed by atoms with Gasteiger partial charge in [0.1, 0.15) is 12.3 Å². The molecule has 1 aromatic carbocycles. The van der Waals surface area contributed by atoms with Gasteiger partial charge >= 0.3 is 0 Å². The number of carbonyl (C=O) groups excluding carboxylic acids is 2. The lowest BCUT2D eigenvalue weighted by Gasteiger charge is -2.30. The van der Waals surface area contributed by atoms with Gasteiger partial charge in [0.05, 0.1) is 23.0 Å². The van der Waals surface area contributed by atoms with Crippen LogP contribution < -0.4 is 15.0 Å². The van der Waals surface area contributed by atoms with Gasteiger partial charge in [-0.3, -0.25) is 14.5 Å². The summed E-state index contributed by atoms with van der Waals surface area (Å²) in [7, 11) is 1.67. The van der Waals surface area contributed by atoms with Crippen molar-refractivity contribution < 1.29 is 19.1 Å². The molecular weight excluding hydrogens is 402 g/mol. The predicted octanol–water partition coefficient (Wildman–Crippen LogP) is 3.17. The van der Waals surface area contributed by atoms with E-state index in [4.69, 9.17) is 9.47 Å². The molecule has 0 bridgehead atoms. The first-order valence-electron chi connectivity index (χ1n) is 10.4. The average Bonchev–Trinajstić information content (AvgIpc) is 3.24. The van der Waals surface area contributed by atoms with E-state index in [9.17, 15) is 9.59 Å². The molecule has 1 aliphatic carbocycles. The summed E-state index contributed by atoms with van der Waals surface area (Å²) in [5.74, 6) is 0.278. The average molecular weight is 430 g/mol. The van der Waals surface area contributed by atoms with E-state index in [-0.39, 0.29) is 31.0 Å². The Labute approximate surface area is 180 Å². The minimum Gasteiger partial charge on any atom is -0.482 e. The highest BCUT2D eigenvalue weighted by Gasteiger charge is 2.29. The lowest BCUT2D eigenvalue weighted by atomic mass is 9.95. The first-order chi connectivity index (χ1) is 14.6. The summed E-state index contributed by atoms with van der Waals surface area (Å²) in [5.41, 5.74) is 2.36. The molecule has 160 valence electrons. The van der Waals surface area contributed by atoms with Gasteiger partial charge in [-0.15, -0.1) is 11.3 Å². The number of thiazole rings is 1. The van der Waals surface area contributed by atoms with Crippen molar-refractivity contribution in [3.63, 3.8) is 0 Å². The van der Waals surface area contributed by atoms with E-state index < -0.39 is 0 Å². The first kappa shape index (κ1) is 20.8.